The molecule has 0 amide bonds. The molecule has 0 saturated carbocycles. The predicted octanol–water partition coefficient (Wildman–Crippen LogP) is 4.13. The summed E-state index contributed by atoms with van der Waals surface area (Å²) in [6.45, 7) is 1.82. The second-order valence-corrected chi connectivity index (χ2v) is 6.50. The Morgan fingerprint density at radius 3 is 2.75 bits per heavy atom. The third-order valence-electron chi connectivity index (χ3n) is 4.84. The van der Waals surface area contributed by atoms with Crippen molar-refractivity contribution < 1.29 is 17.9 Å². The number of benzene rings is 2. The minimum absolute atomic E-state index is 0.178. The van der Waals surface area contributed by atoms with Gasteiger partial charge in [0.15, 0.2) is 0 Å². The van der Waals surface area contributed by atoms with Crippen molar-refractivity contribution in [2.24, 2.45) is 0 Å². The Labute approximate surface area is 138 Å². The Balaban J connectivity index is 1.59. The minimum atomic E-state index is -4.30. The topological polar surface area (TPSA) is 21.3 Å². The average Bonchev–Trinajstić information content (AvgIpc) is 2.92. The fraction of sp³-hybridized carbons (Fsp3) is 0.368. The predicted molar refractivity (Wildman–Crippen MR) is 85.3 cm³/mol. The maximum Gasteiger partial charge on any atom is 0.416 e. The summed E-state index contributed by atoms with van der Waals surface area (Å²) in [6.07, 6.45) is -2.60. The number of halogens is 3. The van der Waals surface area contributed by atoms with Crippen molar-refractivity contribution in [2.75, 3.05) is 13.1 Å². The normalized spacial score (nSPS) is 22.6. The Kier molecular flexibility index (Phi) is 3.76. The van der Waals surface area contributed by atoms with Gasteiger partial charge in [0.1, 0.15) is 11.9 Å². The van der Waals surface area contributed by atoms with E-state index in [1.807, 2.05) is 12.1 Å². The number of hydrogen-bond donors (Lipinski definition) is 1. The highest BCUT2D eigenvalue weighted by Crippen LogP contribution is 2.42. The van der Waals surface area contributed by atoms with E-state index in [-0.39, 0.29) is 6.10 Å². The number of ether oxygens (including phenoxy) is 1. The van der Waals surface area contributed by atoms with Gasteiger partial charge in [0.2, 0.25) is 0 Å². The van der Waals surface area contributed by atoms with Gasteiger partial charge in [-0.05, 0) is 42.6 Å². The molecule has 24 heavy (non-hydrogen) atoms. The van der Waals surface area contributed by atoms with Crippen LogP contribution in [0.5, 0.6) is 5.75 Å². The summed E-state index contributed by atoms with van der Waals surface area (Å²) >= 11 is 0. The molecule has 2 nitrogen and oxygen atoms in total. The minimum Gasteiger partial charge on any atom is -0.488 e. The number of rotatable bonds is 2. The van der Waals surface area contributed by atoms with Crippen LogP contribution >= 0.6 is 0 Å². The van der Waals surface area contributed by atoms with Gasteiger partial charge >= 0.3 is 6.18 Å². The van der Waals surface area contributed by atoms with Crippen molar-refractivity contribution in [1.29, 1.82) is 0 Å². The molecular weight excluding hydrogens is 315 g/mol. The number of hydrogen-bond acceptors (Lipinski definition) is 2. The highest BCUT2D eigenvalue weighted by molar-refractivity contribution is 5.45. The van der Waals surface area contributed by atoms with Crippen molar-refractivity contribution in [3.8, 4) is 5.75 Å². The van der Waals surface area contributed by atoms with Crippen molar-refractivity contribution in [2.45, 2.75) is 31.0 Å². The summed E-state index contributed by atoms with van der Waals surface area (Å²) < 4.78 is 44.5. The zero-order valence-electron chi connectivity index (χ0n) is 13.1. The smallest absolute Gasteiger partial charge is 0.416 e. The first-order valence-electron chi connectivity index (χ1n) is 8.17. The first-order valence-corrected chi connectivity index (χ1v) is 8.17. The van der Waals surface area contributed by atoms with E-state index in [1.54, 1.807) is 6.07 Å². The lowest BCUT2D eigenvalue weighted by molar-refractivity contribution is -0.137. The van der Waals surface area contributed by atoms with Crippen molar-refractivity contribution in [3.63, 3.8) is 0 Å². The molecular formula is C19H18F3NO. The number of alkyl halides is 3. The summed E-state index contributed by atoms with van der Waals surface area (Å²) in [7, 11) is 0. The van der Waals surface area contributed by atoms with Gasteiger partial charge in [-0.2, -0.15) is 13.2 Å². The van der Waals surface area contributed by atoms with Crippen LogP contribution in [0.2, 0.25) is 0 Å². The van der Waals surface area contributed by atoms with E-state index in [9.17, 15) is 13.2 Å². The molecule has 2 unspecified atom stereocenters. The van der Waals surface area contributed by atoms with Gasteiger partial charge in [-0.3, -0.25) is 0 Å². The van der Waals surface area contributed by atoms with E-state index < -0.39 is 11.7 Å². The average molecular weight is 333 g/mol. The van der Waals surface area contributed by atoms with E-state index in [0.717, 1.165) is 36.9 Å². The van der Waals surface area contributed by atoms with E-state index >= 15 is 0 Å². The maximum atomic E-state index is 12.8. The van der Waals surface area contributed by atoms with E-state index in [4.69, 9.17) is 4.74 Å². The van der Waals surface area contributed by atoms with Crippen LogP contribution in [-0.4, -0.2) is 19.2 Å². The van der Waals surface area contributed by atoms with Gasteiger partial charge in [0.25, 0.3) is 0 Å². The molecule has 2 heterocycles. The first kappa shape index (κ1) is 15.5. The third kappa shape index (κ3) is 2.88. The molecule has 2 aromatic carbocycles. The fourth-order valence-corrected chi connectivity index (χ4v) is 3.67. The van der Waals surface area contributed by atoms with E-state index in [1.165, 1.54) is 17.7 Å². The van der Waals surface area contributed by atoms with Gasteiger partial charge in [0, 0.05) is 18.0 Å². The maximum absolute atomic E-state index is 12.8. The Morgan fingerprint density at radius 2 is 1.92 bits per heavy atom. The largest absolute Gasteiger partial charge is 0.488 e. The van der Waals surface area contributed by atoms with Crippen molar-refractivity contribution >= 4 is 0 Å². The monoisotopic (exact) mass is 333 g/mol. The quantitative estimate of drug-likeness (QED) is 0.892. The van der Waals surface area contributed by atoms with Crippen LogP contribution in [0, 0.1) is 0 Å². The Morgan fingerprint density at radius 1 is 1.08 bits per heavy atom. The molecule has 1 fully saturated rings. The lowest BCUT2D eigenvalue weighted by Gasteiger charge is -2.24. The Bertz CT molecular complexity index is 757. The summed E-state index contributed by atoms with van der Waals surface area (Å²) in [5.41, 5.74) is 2.30. The highest BCUT2D eigenvalue weighted by Gasteiger charge is 2.36. The lowest BCUT2D eigenvalue weighted by atomic mass is 9.88. The van der Waals surface area contributed by atoms with Gasteiger partial charge in [0.05, 0.1) is 5.56 Å². The van der Waals surface area contributed by atoms with Crippen LogP contribution in [0.3, 0.4) is 0 Å². The highest BCUT2D eigenvalue weighted by atomic mass is 19.4. The summed E-state index contributed by atoms with van der Waals surface area (Å²) in [5.74, 6) is 1.31. The summed E-state index contributed by atoms with van der Waals surface area (Å²) in [6, 6.07) is 11.6. The zero-order chi connectivity index (χ0) is 16.7. The molecule has 5 heteroatoms. The van der Waals surface area contributed by atoms with Crippen molar-refractivity contribution in [1.82, 2.24) is 5.32 Å². The first-order chi connectivity index (χ1) is 11.5. The van der Waals surface area contributed by atoms with Gasteiger partial charge in [-0.25, -0.2) is 0 Å². The molecule has 2 atom stereocenters. The summed E-state index contributed by atoms with van der Waals surface area (Å²) in [4.78, 5) is 0. The van der Waals surface area contributed by atoms with Gasteiger partial charge in [-0.1, -0.05) is 30.3 Å². The SMILES string of the molecule is FC(F)(F)c1cccc(Cc2ccc3c(c2)C2CCNCC2O3)c1. The van der Waals surface area contributed by atoms with E-state index in [2.05, 4.69) is 11.4 Å². The molecule has 2 aliphatic rings. The van der Waals surface area contributed by atoms with Crippen LogP contribution in [0.25, 0.3) is 0 Å². The number of nitrogens with one attached hydrogen (secondary N) is 1. The molecule has 126 valence electrons. The molecule has 0 bridgehead atoms. The summed E-state index contributed by atoms with van der Waals surface area (Å²) in [5, 5.41) is 3.33. The van der Waals surface area contributed by atoms with Gasteiger partial charge < -0.3 is 10.1 Å². The molecule has 2 aliphatic heterocycles. The van der Waals surface area contributed by atoms with Crippen LogP contribution in [0.1, 0.15) is 34.6 Å². The second-order valence-electron chi connectivity index (χ2n) is 6.50. The molecule has 0 radical (unpaired) electrons. The lowest BCUT2D eigenvalue weighted by Crippen LogP contribution is -2.39. The molecule has 4 rings (SSSR count). The molecule has 0 aliphatic carbocycles. The van der Waals surface area contributed by atoms with Crippen LogP contribution in [-0.2, 0) is 12.6 Å². The third-order valence-corrected chi connectivity index (χ3v) is 4.84. The fourth-order valence-electron chi connectivity index (χ4n) is 3.67. The molecule has 1 N–H and O–H groups in total. The molecule has 0 aromatic heterocycles. The number of fused-ring (bicyclic) bond motifs is 3. The van der Waals surface area contributed by atoms with Crippen LogP contribution in [0.4, 0.5) is 13.2 Å². The van der Waals surface area contributed by atoms with Crippen molar-refractivity contribution in [3.05, 3.63) is 64.7 Å². The number of piperidine rings is 1. The molecule has 1 saturated heterocycles. The zero-order valence-corrected chi connectivity index (χ0v) is 13.1. The standard InChI is InChI=1S/C19H18F3NO/c20-19(21,22)14-3-1-2-12(9-14)8-13-4-5-17-16(10-13)15-6-7-23-11-18(15)24-17/h1-5,9-10,15,18,23H,6-8,11H2. The van der Waals surface area contributed by atoms with Gasteiger partial charge in [-0.15, -0.1) is 0 Å². The Hall–Kier alpha value is -2.01. The molecule has 0 spiro atoms. The van der Waals surface area contributed by atoms with E-state index in [0.29, 0.717) is 17.9 Å². The van der Waals surface area contributed by atoms with Crippen LogP contribution in [0.15, 0.2) is 42.5 Å². The van der Waals surface area contributed by atoms with Crippen LogP contribution < -0.4 is 10.1 Å². The molecule has 2 aromatic rings. The second kappa shape index (κ2) is 5.81.